The second-order valence-corrected chi connectivity index (χ2v) is 8.87. The Balaban J connectivity index is 1.85. The Labute approximate surface area is 165 Å². The highest BCUT2D eigenvalue weighted by Crippen LogP contribution is 2.46. The average molecular weight is 377 g/mol. The smallest absolute Gasteiger partial charge is 0.198 e. The van der Waals surface area contributed by atoms with Crippen molar-refractivity contribution in [3.63, 3.8) is 0 Å². The number of hydrogen-bond acceptors (Lipinski definition) is 5. The van der Waals surface area contributed by atoms with Crippen molar-refractivity contribution in [3.05, 3.63) is 52.6 Å². The summed E-state index contributed by atoms with van der Waals surface area (Å²) in [5.74, 6) is 0.612. The Morgan fingerprint density at radius 1 is 0.857 bits per heavy atom. The molecule has 4 rings (SSSR count). The van der Waals surface area contributed by atoms with Gasteiger partial charge < -0.3 is 16.4 Å². The molecular weight excluding hydrogens is 350 g/mol. The highest BCUT2D eigenvalue weighted by atomic mass is 16.1. The van der Waals surface area contributed by atoms with Gasteiger partial charge in [0.2, 0.25) is 0 Å². The third-order valence-corrected chi connectivity index (χ3v) is 5.50. The molecule has 2 aromatic rings. The zero-order valence-electron chi connectivity index (χ0n) is 16.8. The van der Waals surface area contributed by atoms with Crippen LogP contribution in [0.4, 0.5) is 17.1 Å². The molecule has 2 aromatic carbocycles. The molecule has 5 heteroatoms. The van der Waals surface area contributed by atoms with Gasteiger partial charge in [-0.1, -0.05) is 39.8 Å². The number of rotatable bonds is 4. The molecule has 5 nitrogen and oxygen atoms in total. The zero-order valence-corrected chi connectivity index (χ0v) is 16.8. The quantitative estimate of drug-likeness (QED) is 0.575. The van der Waals surface area contributed by atoms with E-state index in [1.165, 1.54) is 0 Å². The van der Waals surface area contributed by atoms with Gasteiger partial charge in [0, 0.05) is 16.8 Å². The summed E-state index contributed by atoms with van der Waals surface area (Å²) in [4.78, 5) is 26.5. The molecule has 0 radical (unpaired) electrons. The average Bonchev–Trinajstić information content (AvgIpc) is 2.94. The third-order valence-electron chi connectivity index (χ3n) is 5.50. The lowest BCUT2D eigenvalue weighted by atomic mass is 9.82. The number of nitrogens with two attached hydrogens (primary N) is 1. The van der Waals surface area contributed by atoms with E-state index in [0.717, 1.165) is 24.2 Å². The lowest BCUT2D eigenvalue weighted by Gasteiger charge is -2.34. The Bertz CT molecular complexity index is 982. The van der Waals surface area contributed by atoms with Gasteiger partial charge in [-0.25, -0.2) is 0 Å². The minimum absolute atomic E-state index is 0.147. The fraction of sp³-hybridized carbons (Fsp3) is 0.391. The van der Waals surface area contributed by atoms with Gasteiger partial charge >= 0.3 is 0 Å². The van der Waals surface area contributed by atoms with Gasteiger partial charge in [0.1, 0.15) is 5.66 Å². The van der Waals surface area contributed by atoms with Crippen LogP contribution in [0, 0.1) is 11.8 Å². The highest BCUT2D eigenvalue weighted by Gasteiger charge is 2.42. The summed E-state index contributed by atoms with van der Waals surface area (Å²) in [6.45, 7) is 8.76. The van der Waals surface area contributed by atoms with Gasteiger partial charge in [-0.05, 0) is 42.9 Å². The molecule has 2 aliphatic rings. The van der Waals surface area contributed by atoms with E-state index in [1.807, 2.05) is 6.07 Å². The molecule has 0 fully saturated rings. The molecule has 4 N–H and O–H groups in total. The number of fused-ring (bicyclic) bond motifs is 4. The Hall–Kier alpha value is -2.82. The van der Waals surface area contributed by atoms with Crippen molar-refractivity contribution in [2.45, 2.75) is 46.2 Å². The van der Waals surface area contributed by atoms with E-state index < -0.39 is 0 Å². The molecule has 0 amide bonds. The number of carbonyl (C=O) groups excluding carboxylic acids is 2. The molecule has 0 saturated heterocycles. The SMILES string of the molecule is CC(C)CC1(CC(C)C)Nc2ccc3c(c2N1)C(=O)c1c(N)cccc1C3=O. The molecule has 0 bridgehead atoms. The summed E-state index contributed by atoms with van der Waals surface area (Å²) in [6.07, 6.45) is 1.82. The first kappa shape index (κ1) is 18.5. The van der Waals surface area contributed by atoms with E-state index in [2.05, 4.69) is 38.3 Å². The number of anilines is 3. The predicted octanol–water partition coefficient (Wildman–Crippen LogP) is 4.67. The molecule has 1 heterocycles. The van der Waals surface area contributed by atoms with E-state index in [4.69, 9.17) is 5.73 Å². The molecule has 0 atom stereocenters. The lowest BCUT2D eigenvalue weighted by Crippen LogP contribution is -2.44. The number of benzene rings is 2. The van der Waals surface area contributed by atoms with Crippen LogP contribution in [0.1, 0.15) is 72.4 Å². The number of hydrogen-bond donors (Lipinski definition) is 3. The Morgan fingerprint density at radius 2 is 1.50 bits per heavy atom. The zero-order chi connectivity index (χ0) is 20.2. The van der Waals surface area contributed by atoms with E-state index in [0.29, 0.717) is 39.8 Å². The van der Waals surface area contributed by atoms with Crippen LogP contribution in [0.3, 0.4) is 0 Å². The van der Waals surface area contributed by atoms with Crippen LogP contribution in [-0.4, -0.2) is 17.2 Å². The Morgan fingerprint density at radius 3 is 2.14 bits per heavy atom. The maximum absolute atomic E-state index is 13.4. The predicted molar refractivity (Wildman–Crippen MR) is 113 cm³/mol. The van der Waals surface area contributed by atoms with E-state index >= 15 is 0 Å². The molecule has 0 spiro atoms. The fourth-order valence-corrected chi connectivity index (χ4v) is 4.75. The van der Waals surface area contributed by atoms with Crippen molar-refractivity contribution < 1.29 is 9.59 Å². The lowest BCUT2D eigenvalue weighted by molar-refractivity contribution is 0.0980. The molecular formula is C23H27N3O2. The summed E-state index contributed by atoms with van der Waals surface area (Å²) in [5, 5.41) is 7.24. The van der Waals surface area contributed by atoms with E-state index in [-0.39, 0.29) is 17.2 Å². The van der Waals surface area contributed by atoms with Gasteiger partial charge in [0.15, 0.2) is 11.6 Å². The molecule has 1 aliphatic heterocycles. The second kappa shape index (κ2) is 6.36. The molecule has 0 unspecified atom stereocenters. The molecule has 1 aliphatic carbocycles. The van der Waals surface area contributed by atoms with Crippen LogP contribution >= 0.6 is 0 Å². The second-order valence-electron chi connectivity index (χ2n) is 8.87. The highest BCUT2D eigenvalue weighted by molar-refractivity contribution is 6.32. The van der Waals surface area contributed by atoms with Crippen LogP contribution < -0.4 is 16.4 Å². The summed E-state index contributed by atoms with van der Waals surface area (Å²) in [5.41, 5.74) is 9.29. The van der Waals surface area contributed by atoms with Crippen LogP contribution in [0.2, 0.25) is 0 Å². The first-order chi connectivity index (χ1) is 13.2. The summed E-state index contributed by atoms with van der Waals surface area (Å²) in [6, 6.07) is 8.73. The van der Waals surface area contributed by atoms with Gasteiger partial charge in [-0.15, -0.1) is 0 Å². The maximum atomic E-state index is 13.4. The van der Waals surface area contributed by atoms with Crippen molar-refractivity contribution in [2.75, 3.05) is 16.4 Å². The van der Waals surface area contributed by atoms with Crippen molar-refractivity contribution in [2.24, 2.45) is 11.8 Å². The van der Waals surface area contributed by atoms with Gasteiger partial charge in [0.05, 0.1) is 22.5 Å². The van der Waals surface area contributed by atoms with Gasteiger partial charge in [-0.2, -0.15) is 0 Å². The molecule has 0 aromatic heterocycles. The van der Waals surface area contributed by atoms with Crippen molar-refractivity contribution in [3.8, 4) is 0 Å². The maximum Gasteiger partial charge on any atom is 0.198 e. The molecule has 28 heavy (non-hydrogen) atoms. The topological polar surface area (TPSA) is 84.2 Å². The van der Waals surface area contributed by atoms with Gasteiger partial charge in [0.25, 0.3) is 0 Å². The van der Waals surface area contributed by atoms with Crippen LogP contribution in [0.15, 0.2) is 30.3 Å². The van der Waals surface area contributed by atoms with Crippen molar-refractivity contribution in [1.29, 1.82) is 0 Å². The minimum Gasteiger partial charge on any atom is -0.398 e. The number of nitrogen functional groups attached to an aromatic ring is 1. The van der Waals surface area contributed by atoms with Crippen molar-refractivity contribution in [1.82, 2.24) is 0 Å². The van der Waals surface area contributed by atoms with Gasteiger partial charge in [-0.3, -0.25) is 9.59 Å². The molecule has 0 saturated carbocycles. The fourth-order valence-electron chi connectivity index (χ4n) is 4.75. The number of nitrogens with one attached hydrogen (secondary N) is 2. The van der Waals surface area contributed by atoms with Crippen LogP contribution in [0.5, 0.6) is 0 Å². The standard InChI is InChI=1S/C23H27N3O2/c1-12(2)10-23(11-13(3)4)25-17-9-8-15-19(20(17)26-23)22(28)18-14(21(15)27)6-5-7-16(18)24/h5-9,12-13,25-26H,10-11,24H2,1-4H3. The summed E-state index contributed by atoms with van der Waals surface area (Å²) < 4.78 is 0. The first-order valence-corrected chi connectivity index (χ1v) is 9.93. The van der Waals surface area contributed by atoms with Crippen LogP contribution in [-0.2, 0) is 0 Å². The first-order valence-electron chi connectivity index (χ1n) is 9.93. The third kappa shape index (κ3) is 2.77. The minimum atomic E-state index is -0.328. The van der Waals surface area contributed by atoms with E-state index in [1.54, 1.807) is 24.3 Å². The molecule has 146 valence electrons. The summed E-state index contributed by atoms with van der Waals surface area (Å²) in [7, 11) is 0. The van der Waals surface area contributed by atoms with E-state index in [9.17, 15) is 9.59 Å². The summed E-state index contributed by atoms with van der Waals surface area (Å²) >= 11 is 0. The normalized spacial score (nSPS) is 16.5. The number of ketones is 2. The number of carbonyl (C=O) groups is 2. The largest absolute Gasteiger partial charge is 0.398 e. The van der Waals surface area contributed by atoms with Crippen LogP contribution in [0.25, 0.3) is 0 Å². The Kier molecular flexibility index (Phi) is 4.21. The van der Waals surface area contributed by atoms with Crippen molar-refractivity contribution >= 4 is 28.6 Å². The monoisotopic (exact) mass is 377 g/mol.